The first kappa shape index (κ1) is 20.8. The maximum Gasteiger partial charge on any atom is 0.244 e. The van der Waals surface area contributed by atoms with Gasteiger partial charge in [0.25, 0.3) is 0 Å². The molecule has 1 rings (SSSR count). The number of phenols is 1. The van der Waals surface area contributed by atoms with Crippen molar-refractivity contribution in [3.8, 4) is 11.5 Å². The van der Waals surface area contributed by atoms with E-state index in [1.165, 1.54) is 31.4 Å². The molecule has 1 aromatic carbocycles. The van der Waals surface area contributed by atoms with Gasteiger partial charge in [-0.15, -0.1) is 0 Å². The predicted molar refractivity (Wildman–Crippen MR) is 78.4 cm³/mol. The molecule has 0 aliphatic carbocycles. The first-order chi connectivity index (χ1) is 11.8. The summed E-state index contributed by atoms with van der Waals surface area (Å²) in [5.41, 5.74) is 0.592. The molecule has 0 aliphatic heterocycles. The van der Waals surface area contributed by atoms with E-state index in [-0.39, 0.29) is 18.0 Å². The molecular formula is C13H19N3O9. The zero-order valence-corrected chi connectivity index (χ0v) is 13.1. The van der Waals surface area contributed by atoms with Crippen LogP contribution in [0.25, 0.3) is 6.08 Å². The Morgan fingerprint density at radius 3 is 2.60 bits per heavy atom. The summed E-state index contributed by atoms with van der Waals surface area (Å²) in [5.74, 6) is -0.340. The minimum Gasteiger partial charge on any atom is -0.504 e. The highest BCUT2D eigenvalue weighted by atomic mass is 17.1. The summed E-state index contributed by atoms with van der Waals surface area (Å²) in [6.07, 6.45) is 1.50. The number of ether oxygens (including phenoxy) is 1. The van der Waals surface area contributed by atoms with E-state index in [4.69, 9.17) is 25.6 Å². The summed E-state index contributed by atoms with van der Waals surface area (Å²) in [6, 6.07) is 4.49. The van der Waals surface area contributed by atoms with E-state index in [2.05, 4.69) is 15.0 Å². The second-order valence-corrected chi connectivity index (χ2v) is 4.54. The molecule has 1 unspecified atom stereocenters. The standard InChI is InChI=1S/C13H19N3O9/c1-23-12-6-9(2-4-11(12)17)3-5-13(18)14-7-10(25-16(21)22)8-24-15(19)20/h2-6,10,17,19-22H,7-8H2,1H3,(H,14,18)/b5-3+. The van der Waals surface area contributed by atoms with Gasteiger partial charge in [0.2, 0.25) is 5.91 Å². The summed E-state index contributed by atoms with van der Waals surface area (Å²) in [5, 5.41) is 44.7. The Labute approximate surface area is 142 Å². The number of hydrogen-bond acceptors (Lipinski definition) is 11. The number of hydrogen-bond donors (Lipinski definition) is 6. The Morgan fingerprint density at radius 1 is 1.28 bits per heavy atom. The molecule has 25 heavy (non-hydrogen) atoms. The molecule has 0 radical (unpaired) electrons. The van der Waals surface area contributed by atoms with Crippen LogP contribution in [0.1, 0.15) is 5.56 Å². The second-order valence-electron chi connectivity index (χ2n) is 4.54. The van der Waals surface area contributed by atoms with E-state index in [0.717, 1.165) is 0 Å². The molecular weight excluding hydrogens is 342 g/mol. The Bertz CT molecular complexity index is 580. The van der Waals surface area contributed by atoms with Gasteiger partial charge in [-0.05, 0) is 23.8 Å². The van der Waals surface area contributed by atoms with Crippen molar-refractivity contribution in [2.24, 2.45) is 0 Å². The molecule has 0 heterocycles. The molecule has 1 amide bonds. The maximum atomic E-state index is 11.7. The number of carbonyl (C=O) groups excluding carboxylic acids is 1. The number of aromatic hydroxyl groups is 1. The molecule has 0 saturated carbocycles. The number of benzene rings is 1. The minimum absolute atomic E-state index is 0.0385. The quantitative estimate of drug-likeness (QED) is 0.244. The van der Waals surface area contributed by atoms with Crippen LogP contribution in [-0.4, -0.2) is 69.0 Å². The SMILES string of the molecule is COc1cc(/C=C/C(=O)NCC(CON(O)O)ON(O)O)ccc1O. The average Bonchev–Trinajstić information content (AvgIpc) is 2.56. The first-order valence-electron chi connectivity index (χ1n) is 6.80. The number of rotatable bonds is 10. The molecule has 0 spiro atoms. The molecule has 140 valence electrons. The summed E-state index contributed by atoms with van der Waals surface area (Å²) in [4.78, 5) is 20.5. The highest BCUT2D eigenvalue weighted by Crippen LogP contribution is 2.26. The lowest BCUT2D eigenvalue weighted by molar-refractivity contribution is -0.526. The van der Waals surface area contributed by atoms with Crippen molar-refractivity contribution in [2.45, 2.75) is 6.10 Å². The number of amides is 1. The fourth-order valence-corrected chi connectivity index (χ4v) is 1.65. The van der Waals surface area contributed by atoms with E-state index in [1.54, 1.807) is 6.07 Å². The van der Waals surface area contributed by atoms with Crippen LogP contribution in [0, 0.1) is 0 Å². The second kappa shape index (κ2) is 10.5. The highest BCUT2D eigenvalue weighted by Gasteiger charge is 2.15. The van der Waals surface area contributed by atoms with Crippen molar-refractivity contribution in [3.05, 3.63) is 29.8 Å². The van der Waals surface area contributed by atoms with Crippen molar-refractivity contribution >= 4 is 12.0 Å². The molecule has 1 atom stereocenters. The minimum atomic E-state index is -1.14. The van der Waals surface area contributed by atoms with Gasteiger partial charge in [-0.2, -0.15) is 0 Å². The van der Waals surface area contributed by atoms with E-state index < -0.39 is 29.4 Å². The van der Waals surface area contributed by atoms with Gasteiger partial charge in [-0.1, -0.05) is 6.07 Å². The van der Waals surface area contributed by atoms with Crippen molar-refractivity contribution in [2.75, 3.05) is 20.3 Å². The molecule has 12 heteroatoms. The van der Waals surface area contributed by atoms with Crippen LogP contribution in [-0.2, 0) is 14.5 Å². The van der Waals surface area contributed by atoms with Crippen molar-refractivity contribution in [3.63, 3.8) is 0 Å². The topological polar surface area (TPSA) is 164 Å². The third-order valence-electron chi connectivity index (χ3n) is 2.75. The number of nitrogens with one attached hydrogen (secondary N) is 1. The average molecular weight is 361 g/mol. The lowest BCUT2D eigenvalue weighted by Crippen LogP contribution is -2.40. The van der Waals surface area contributed by atoms with Crippen LogP contribution < -0.4 is 10.1 Å². The van der Waals surface area contributed by atoms with Gasteiger partial charge in [0, 0.05) is 12.6 Å². The predicted octanol–water partition coefficient (Wildman–Crippen LogP) is -0.0772. The number of nitrogens with zero attached hydrogens (tertiary/aromatic N) is 2. The highest BCUT2D eigenvalue weighted by molar-refractivity contribution is 5.91. The molecule has 0 saturated heterocycles. The molecule has 0 fully saturated rings. The third kappa shape index (κ3) is 8.39. The van der Waals surface area contributed by atoms with E-state index in [1.807, 2.05) is 0 Å². The smallest absolute Gasteiger partial charge is 0.244 e. The van der Waals surface area contributed by atoms with Gasteiger partial charge in [-0.3, -0.25) is 25.6 Å². The monoisotopic (exact) mass is 361 g/mol. The molecule has 6 N–H and O–H groups in total. The summed E-state index contributed by atoms with van der Waals surface area (Å²) >= 11 is 0. The largest absolute Gasteiger partial charge is 0.504 e. The van der Waals surface area contributed by atoms with Gasteiger partial charge in [0.1, 0.15) is 12.7 Å². The van der Waals surface area contributed by atoms with Gasteiger partial charge in [0.05, 0.1) is 17.9 Å². The Kier molecular flexibility index (Phi) is 8.76. The fraction of sp³-hybridized carbons (Fsp3) is 0.308. The van der Waals surface area contributed by atoms with Crippen LogP contribution in [0.2, 0.25) is 0 Å². The van der Waals surface area contributed by atoms with Crippen LogP contribution in [0.15, 0.2) is 24.3 Å². The lowest BCUT2D eigenvalue weighted by atomic mass is 10.2. The van der Waals surface area contributed by atoms with E-state index in [9.17, 15) is 9.90 Å². The van der Waals surface area contributed by atoms with Crippen molar-refractivity contribution in [1.29, 1.82) is 0 Å². The summed E-state index contributed by atoms with van der Waals surface area (Å²) < 4.78 is 4.94. The van der Waals surface area contributed by atoms with Gasteiger partial charge in [0.15, 0.2) is 11.5 Å². The van der Waals surface area contributed by atoms with E-state index in [0.29, 0.717) is 5.56 Å². The van der Waals surface area contributed by atoms with Crippen molar-refractivity contribution < 1.29 is 45.1 Å². The molecule has 0 aromatic heterocycles. The normalized spacial score (nSPS) is 12.8. The molecule has 1 aromatic rings. The maximum absolute atomic E-state index is 11.7. The van der Waals surface area contributed by atoms with Crippen LogP contribution in [0.4, 0.5) is 0 Å². The Balaban J connectivity index is 2.55. The zero-order chi connectivity index (χ0) is 18.8. The summed E-state index contributed by atoms with van der Waals surface area (Å²) in [6.45, 7) is -0.753. The number of carbonyl (C=O) groups is 1. The lowest BCUT2D eigenvalue weighted by Gasteiger charge is -2.19. The molecule has 12 nitrogen and oxygen atoms in total. The number of methoxy groups -OCH3 is 1. The fourth-order valence-electron chi connectivity index (χ4n) is 1.65. The summed E-state index contributed by atoms with van der Waals surface area (Å²) in [7, 11) is 1.39. The van der Waals surface area contributed by atoms with Crippen LogP contribution in [0.3, 0.4) is 0 Å². The Morgan fingerprint density at radius 2 is 2.00 bits per heavy atom. The molecule has 0 bridgehead atoms. The first-order valence-corrected chi connectivity index (χ1v) is 6.80. The van der Waals surface area contributed by atoms with Crippen LogP contribution >= 0.6 is 0 Å². The van der Waals surface area contributed by atoms with Gasteiger partial charge >= 0.3 is 0 Å². The van der Waals surface area contributed by atoms with Crippen molar-refractivity contribution in [1.82, 2.24) is 16.1 Å². The van der Waals surface area contributed by atoms with E-state index >= 15 is 0 Å². The third-order valence-corrected chi connectivity index (χ3v) is 2.75. The zero-order valence-electron chi connectivity index (χ0n) is 13.1. The number of phenolic OH excluding ortho intramolecular Hbond substituents is 1. The van der Waals surface area contributed by atoms with Crippen LogP contribution in [0.5, 0.6) is 11.5 Å². The van der Waals surface area contributed by atoms with Gasteiger partial charge < -0.3 is 15.2 Å². The van der Waals surface area contributed by atoms with Gasteiger partial charge in [-0.25, -0.2) is 9.68 Å². The molecule has 0 aliphatic rings. The Hall–Kier alpha value is -2.29.